The molecule has 0 spiro atoms. The van der Waals surface area contributed by atoms with Crippen molar-refractivity contribution < 1.29 is 33.7 Å². The lowest BCUT2D eigenvalue weighted by Gasteiger charge is -2.37. The number of carbonyl (C=O) groups excluding carboxylic acids is 2. The molecule has 3 atom stereocenters. The summed E-state index contributed by atoms with van der Waals surface area (Å²) in [4.78, 5) is 38.5. The van der Waals surface area contributed by atoms with Gasteiger partial charge >= 0.3 is 12.1 Å². The monoisotopic (exact) mass is 572 g/mol. The summed E-state index contributed by atoms with van der Waals surface area (Å²) in [5, 5.41) is 15.3. The molecule has 3 aromatic rings. The molecule has 42 heavy (non-hydrogen) atoms. The van der Waals surface area contributed by atoms with E-state index in [9.17, 15) is 19.5 Å². The van der Waals surface area contributed by atoms with E-state index in [1.165, 1.54) is 0 Å². The van der Waals surface area contributed by atoms with Gasteiger partial charge in [0.25, 0.3) is 0 Å². The lowest BCUT2D eigenvalue weighted by molar-refractivity contribution is -0.151. The summed E-state index contributed by atoms with van der Waals surface area (Å²) in [6.45, 7) is 2.45. The normalized spacial score (nSPS) is 19.2. The van der Waals surface area contributed by atoms with Crippen molar-refractivity contribution in [3.8, 4) is 11.1 Å². The Kier molecular flexibility index (Phi) is 9.19. The molecule has 1 saturated heterocycles. The molecule has 1 aliphatic carbocycles. The van der Waals surface area contributed by atoms with Crippen molar-refractivity contribution in [3.05, 3.63) is 95.6 Å². The molecule has 2 aliphatic rings. The van der Waals surface area contributed by atoms with Crippen molar-refractivity contribution in [2.24, 2.45) is 5.41 Å². The van der Waals surface area contributed by atoms with Crippen LogP contribution in [0.4, 0.5) is 4.79 Å². The molecule has 3 aromatic carbocycles. The van der Waals surface area contributed by atoms with Crippen molar-refractivity contribution in [2.45, 2.75) is 44.4 Å². The molecular weight excluding hydrogens is 536 g/mol. The Bertz CT molecular complexity index is 1360. The molecule has 1 heterocycles. The Balaban J connectivity index is 1.20. The van der Waals surface area contributed by atoms with Gasteiger partial charge in [0, 0.05) is 19.1 Å². The third-order valence-electron chi connectivity index (χ3n) is 8.10. The van der Waals surface area contributed by atoms with E-state index in [-0.39, 0.29) is 32.3 Å². The number of ether oxygens (including phenoxy) is 3. The highest BCUT2D eigenvalue weighted by Gasteiger charge is 2.43. The molecule has 9 nitrogen and oxygen atoms in total. The number of rotatable bonds is 11. The maximum absolute atomic E-state index is 13.6. The van der Waals surface area contributed by atoms with E-state index in [4.69, 9.17) is 14.2 Å². The number of nitrogens with one attached hydrogen (secondary N) is 2. The lowest BCUT2D eigenvalue weighted by Crippen LogP contribution is -2.58. The van der Waals surface area contributed by atoms with Crippen LogP contribution in [0.2, 0.25) is 0 Å². The van der Waals surface area contributed by atoms with Gasteiger partial charge in [-0.25, -0.2) is 9.59 Å². The Morgan fingerprint density at radius 3 is 2.24 bits per heavy atom. The van der Waals surface area contributed by atoms with Gasteiger partial charge in [0.1, 0.15) is 6.61 Å². The third kappa shape index (κ3) is 6.48. The first kappa shape index (κ1) is 29.3. The second-order valence-corrected chi connectivity index (χ2v) is 10.9. The number of alkyl carbamates (subject to hydrolysis) is 1. The van der Waals surface area contributed by atoms with Crippen LogP contribution in [-0.4, -0.2) is 61.6 Å². The number of amides is 2. The number of carbonyl (C=O) groups is 3. The van der Waals surface area contributed by atoms with Gasteiger partial charge in [0.15, 0.2) is 6.04 Å². The van der Waals surface area contributed by atoms with Gasteiger partial charge in [-0.2, -0.15) is 0 Å². The minimum Gasteiger partial charge on any atom is -0.480 e. The zero-order valence-corrected chi connectivity index (χ0v) is 23.6. The van der Waals surface area contributed by atoms with Gasteiger partial charge in [0.2, 0.25) is 5.91 Å². The summed E-state index contributed by atoms with van der Waals surface area (Å²) in [5.41, 5.74) is 4.22. The molecule has 3 N–H and O–H groups in total. The summed E-state index contributed by atoms with van der Waals surface area (Å²) in [5.74, 6) is -1.81. The number of hydrogen-bond donors (Lipinski definition) is 3. The van der Waals surface area contributed by atoms with Crippen LogP contribution < -0.4 is 10.6 Å². The predicted octanol–water partition coefficient (Wildman–Crippen LogP) is 4.50. The molecule has 0 bridgehead atoms. The molecule has 0 aromatic heterocycles. The topological polar surface area (TPSA) is 123 Å². The van der Waals surface area contributed by atoms with Gasteiger partial charge in [-0.15, -0.1) is 0 Å². The van der Waals surface area contributed by atoms with Crippen molar-refractivity contribution in [3.63, 3.8) is 0 Å². The lowest BCUT2D eigenvalue weighted by atomic mass is 9.81. The second kappa shape index (κ2) is 13.2. The summed E-state index contributed by atoms with van der Waals surface area (Å²) in [6, 6.07) is 24.3. The first-order valence-electron chi connectivity index (χ1n) is 14.2. The number of hydrogen-bond acceptors (Lipinski definition) is 6. The van der Waals surface area contributed by atoms with E-state index in [1.54, 1.807) is 6.92 Å². The summed E-state index contributed by atoms with van der Waals surface area (Å²) < 4.78 is 17.1. The average Bonchev–Trinajstić information content (AvgIpc) is 3.34. The van der Waals surface area contributed by atoms with Crippen LogP contribution in [-0.2, 0) is 30.4 Å². The Morgan fingerprint density at radius 1 is 0.976 bits per heavy atom. The van der Waals surface area contributed by atoms with E-state index < -0.39 is 35.5 Å². The fourth-order valence-corrected chi connectivity index (χ4v) is 5.71. The Hall–Kier alpha value is -4.21. The van der Waals surface area contributed by atoms with Gasteiger partial charge in [-0.3, -0.25) is 4.79 Å². The second-order valence-electron chi connectivity index (χ2n) is 10.9. The number of carboxylic acids is 1. The van der Waals surface area contributed by atoms with Crippen LogP contribution in [0.5, 0.6) is 0 Å². The maximum Gasteiger partial charge on any atom is 0.407 e. The van der Waals surface area contributed by atoms with Gasteiger partial charge in [-0.05, 0) is 47.6 Å². The van der Waals surface area contributed by atoms with Crippen LogP contribution in [0.3, 0.4) is 0 Å². The minimum absolute atomic E-state index is 0.0497. The van der Waals surface area contributed by atoms with Crippen LogP contribution >= 0.6 is 0 Å². The Morgan fingerprint density at radius 2 is 1.62 bits per heavy atom. The zero-order chi connectivity index (χ0) is 29.5. The summed E-state index contributed by atoms with van der Waals surface area (Å²) in [6.07, 6.45) is -0.432. The SMILES string of the molecule is C[C@@H](OCc1ccccc1)[C@H](NC(=O)C1(CNC(=O)OCC2c3ccccc3-c3ccccc32)CCCOC1)C(=O)O. The summed E-state index contributed by atoms with van der Waals surface area (Å²) in [7, 11) is 0. The molecule has 2 amide bonds. The number of benzene rings is 3. The summed E-state index contributed by atoms with van der Waals surface area (Å²) >= 11 is 0. The molecule has 1 aliphatic heterocycles. The highest BCUT2D eigenvalue weighted by atomic mass is 16.5. The molecule has 1 unspecified atom stereocenters. The van der Waals surface area contributed by atoms with Crippen LogP contribution in [0.25, 0.3) is 11.1 Å². The third-order valence-corrected chi connectivity index (χ3v) is 8.10. The van der Waals surface area contributed by atoms with Crippen LogP contribution in [0.15, 0.2) is 78.9 Å². The molecule has 5 rings (SSSR count). The first-order chi connectivity index (χ1) is 20.4. The van der Waals surface area contributed by atoms with Crippen LogP contribution in [0.1, 0.15) is 42.4 Å². The fourth-order valence-electron chi connectivity index (χ4n) is 5.71. The Labute approximate surface area is 245 Å². The van der Waals surface area contributed by atoms with Crippen LogP contribution in [0, 0.1) is 5.41 Å². The number of carboxylic acid groups (broad SMARTS) is 1. The van der Waals surface area contributed by atoms with E-state index in [2.05, 4.69) is 22.8 Å². The molecular formula is C33H36N2O7. The molecule has 1 fully saturated rings. The van der Waals surface area contributed by atoms with E-state index in [1.807, 2.05) is 66.7 Å². The highest BCUT2D eigenvalue weighted by Crippen LogP contribution is 2.44. The highest BCUT2D eigenvalue weighted by molar-refractivity contribution is 5.88. The standard InChI is InChI=1S/C33H36N2O7/c1-22(41-18-23-10-3-2-4-11-23)29(30(36)37)35-31(38)33(16-9-17-40-21-33)20-34-32(39)42-19-28-26-14-7-5-12-24(26)25-13-6-8-15-27(25)28/h2-8,10-15,22,28-29H,9,16-21H2,1H3,(H,34,39)(H,35,38)(H,36,37)/t22-,29+,33?/m1/s1. The van der Waals surface area contributed by atoms with E-state index in [0.717, 1.165) is 27.8 Å². The van der Waals surface area contributed by atoms with E-state index >= 15 is 0 Å². The van der Waals surface area contributed by atoms with Crippen molar-refractivity contribution in [2.75, 3.05) is 26.4 Å². The first-order valence-corrected chi connectivity index (χ1v) is 14.2. The average molecular weight is 573 g/mol. The number of aliphatic carboxylic acids is 1. The quantitative estimate of drug-likeness (QED) is 0.309. The van der Waals surface area contributed by atoms with Crippen molar-refractivity contribution in [1.82, 2.24) is 10.6 Å². The molecule has 0 saturated carbocycles. The van der Waals surface area contributed by atoms with Crippen molar-refractivity contribution >= 4 is 18.0 Å². The maximum atomic E-state index is 13.6. The minimum atomic E-state index is -1.28. The van der Waals surface area contributed by atoms with Gasteiger partial charge in [0.05, 0.1) is 24.7 Å². The smallest absolute Gasteiger partial charge is 0.407 e. The molecule has 9 heteroatoms. The predicted molar refractivity (Wildman–Crippen MR) is 156 cm³/mol. The van der Waals surface area contributed by atoms with Gasteiger partial charge < -0.3 is 30.0 Å². The zero-order valence-electron chi connectivity index (χ0n) is 23.6. The largest absolute Gasteiger partial charge is 0.480 e. The number of fused-ring (bicyclic) bond motifs is 3. The fraction of sp³-hybridized carbons (Fsp3) is 0.364. The molecule has 220 valence electrons. The van der Waals surface area contributed by atoms with Gasteiger partial charge in [-0.1, -0.05) is 78.9 Å². The van der Waals surface area contributed by atoms with Crippen molar-refractivity contribution in [1.29, 1.82) is 0 Å². The molecule has 0 radical (unpaired) electrons. The van der Waals surface area contributed by atoms with E-state index in [0.29, 0.717) is 19.4 Å².